The van der Waals surface area contributed by atoms with Gasteiger partial charge in [-0.05, 0) is 12.8 Å². The van der Waals surface area contributed by atoms with E-state index >= 15 is 0 Å². The number of rotatable bonds is 6. The lowest BCUT2D eigenvalue weighted by Crippen LogP contribution is -2.34. The molecule has 0 saturated carbocycles. The fourth-order valence-electron chi connectivity index (χ4n) is 1.61. The Kier molecular flexibility index (Phi) is 4.89. The van der Waals surface area contributed by atoms with Gasteiger partial charge in [0.1, 0.15) is 0 Å². The van der Waals surface area contributed by atoms with E-state index < -0.39 is 5.97 Å². The molecule has 0 bridgehead atoms. The summed E-state index contributed by atoms with van der Waals surface area (Å²) in [7, 11) is 0. The van der Waals surface area contributed by atoms with Crippen molar-refractivity contribution < 1.29 is 9.90 Å². The molecule has 1 N–H and O–H groups in total. The van der Waals surface area contributed by atoms with Crippen LogP contribution in [0.4, 0.5) is 0 Å². The zero-order chi connectivity index (χ0) is 12.1. The number of carbonyl (C=O) groups is 1. The van der Waals surface area contributed by atoms with Crippen LogP contribution in [0.1, 0.15) is 31.7 Å². The molecule has 1 atom stereocenters. The Morgan fingerprint density at radius 3 is 2.69 bits per heavy atom. The number of nitrogens with zero attached hydrogens (tertiary/aromatic N) is 2. The lowest BCUT2D eigenvalue weighted by Gasteiger charge is -2.28. The van der Waals surface area contributed by atoms with E-state index in [1.165, 1.54) is 0 Å². The SMILES string of the molecule is CC(C)CN(CC(=O)O)C(C)c1cncs1. The summed E-state index contributed by atoms with van der Waals surface area (Å²) in [4.78, 5) is 17.9. The maximum atomic E-state index is 10.8. The first-order chi connectivity index (χ1) is 7.50. The van der Waals surface area contributed by atoms with E-state index in [0.717, 1.165) is 11.4 Å². The predicted octanol–water partition coefficient (Wildman–Crippen LogP) is 2.25. The largest absolute Gasteiger partial charge is 0.480 e. The molecule has 5 heteroatoms. The van der Waals surface area contributed by atoms with Crippen molar-refractivity contribution in [3.05, 3.63) is 16.6 Å². The Labute approximate surface area is 99.9 Å². The molecule has 0 spiro atoms. The molecule has 16 heavy (non-hydrogen) atoms. The fraction of sp³-hybridized carbons (Fsp3) is 0.636. The molecular formula is C11H18N2O2S. The van der Waals surface area contributed by atoms with E-state index in [1.54, 1.807) is 16.8 Å². The van der Waals surface area contributed by atoms with Crippen LogP contribution in [-0.2, 0) is 4.79 Å². The molecule has 1 aromatic heterocycles. The predicted molar refractivity (Wildman–Crippen MR) is 64.6 cm³/mol. The monoisotopic (exact) mass is 242 g/mol. The molecule has 0 aliphatic carbocycles. The molecule has 1 unspecified atom stereocenters. The highest BCUT2D eigenvalue weighted by molar-refractivity contribution is 7.09. The third-order valence-electron chi connectivity index (χ3n) is 2.35. The number of hydrogen-bond acceptors (Lipinski definition) is 4. The second-order valence-electron chi connectivity index (χ2n) is 4.30. The molecule has 0 radical (unpaired) electrons. The van der Waals surface area contributed by atoms with Gasteiger partial charge in [-0.3, -0.25) is 14.7 Å². The van der Waals surface area contributed by atoms with E-state index in [1.807, 2.05) is 18.0 Å². The highest BCUT2D eigenvalue weighted by Crippen LogP contribution is 2.23. The van der Waals surface area contributed by atoms with Crippen LogP contribution in [0.2, 0.25) is 0 Å². The van der Waals surface area contributed by atoms with Gasteiger partial charge in [0, 0.05) is 23.7 Å². The summed E-state index contributed by atoms with van der Waals surface area (Å²) in [6, 6.07) is 0.117. The second kappa shape index (κ2) is 5.96. The minimum Gasteiger partial charge on any atom is -0.480 e. The lowest BCUT2D eigenvalue weighted by atomic mass is 10.1. The van der Waals surface area contributed by atoms with Crippen LogP contribution in [0.25, 0.3) is 0 Å². The number of aromatic nitrogens is 1. The number of carboxylic acid groups (broad SMARTS) is 1. The van der Waals surface area contributed by atoms with Gasteiger partial charge in [0.25, 0.3) is 0 Å². The van der Waals surface area contributed by atoms with Crippen molar-refractivity contribution in [1.29, 1.82) is 0 Å². The van der Waals surface area contributed by atoms with Crippen LogP contribution in [0.3, 0.4) is 0 Å². The number of hydrogen-bond donors (Lipinski definition) is 1. The smallest absolute Gasteiger partial charge is 0.317 e. The summed E-state index contributed by atoms with van der Waals surface area (Å²) in [6.45, 7) is 7.07. The molecule has 1 rings (SSSR count). The molecule has 0 saturated heterocycles. The maximum absolute atomic E-state index is 10.8. The molecule has 4 nitrogen and oxygen atoms in total. The van der Waals surface area contributed by atoms with Crippen LogP contribution < -0.4 is 0 Å². The number of carboxylic acids is 1. The van der Waals surface area contributed by atoms with E-state index in [0.29, 0.717) is 5.92 Å². The number of aliphatic carboxylic acids is 1. The third-order valence-corrected chi connectivity index (χ3v) is 3.29. The standard InChI is InChI=1S/C11H18N2O2S/c1-8(2)5-13(6-11(14)15)9(3)10-4-12-7-16-10/h4,7-9H,5-6H2,1-3H3,(H,14,15). The van der Waals surface area contributed by atoms with Gasteiger partial charge in [-0.15, -0.1) is 11.3 Å². The van der Waals surface area contributed by atoms with Gasteiger partial charge < -0.3 is 5.11 Å². The van der Waals surface area contributed by atoms with E-state index in [9.17, 15) is 4.79 Å². The van der Waals surface area contributed by atoms with Gasteiger partial charge in [0.05, 0.1) is 12.1 Å². The summed E-state index contributed by atoms with van der Waals surface area (Å²) < 4.78 is 0. The van der Waals surface area contributed by atoms with E-state index in [-0.39, 0.29) is 12.6 Å². The summed E-state index contributed by atoms with van der Waals surface area (Å²) in [6.07, 6.45) is 1.81. The summed E-state index contributed by atoms with van der Waals surface area (Å²) >= 11 is 1.57. The van der Waals surface area contributed by atoms with Gasteiger partial charge >= 0.3 is 5.97 Å². The van der Waals surface area contributed by atoms with Crippen molar-refractivity contribution in [2.75, 3.05) is 13.1 Å². The fourth-order valence-corrected chi connectivity index (χ4v) is 2.33. The minimum atomic E-state index is -0.781. The van der Waals surface area contributed by atoms with Gasteiger partial charge in [-0.25, -0.2) is 0 Å². The van der Waals surface area contributed by atoms with Crippen LogP contribution in [-0.4, -0.2) is 34.0 Å². The Bertz CT molecular complexity index is 325. The first-order valence-electron chi connectivity index (χ1n) is 5.35. The highest BCUT2D eigenvalue weighted by atomic mass is 32.1. The van der Waals surface area contributed by atoms with Crippen LogP contribution in [0.5, 0.6) is 0 Å². The normalized spacial score (nSPS) is 13.3. The van der Waals surface area contributed by atoms with Gasteiger partial charge in [-0.1, -0.05) is 13.8 Å². The molecule has 1 aromatic rings. The molecule has 0 aliphatic heterocycles. The molecule has 0 amide bonds. The first kappa shape index (κ1) is 13.1. The summed E-state index contributed by atoms with van der Waals surface area (Å²) in [5.74, 6) is -0.327. The Morgan fingerprint density at radius 2 is 2.25 bits per heavy atom. The average molecular weight is 242 g/mol. The van der Waals surface area contributed by atoms with Gasteiger partial charge in [0.2, 0.25) is 0 Å². The Hall–Kier alpha value is -0.940. The van der Waals surface area contributed by atoms with Crippen molar-refractivity contribution >= 4 is 17.3 Å². The van der Waals surface area contributed by atoms with Gasteiger partial charge in [-0.2, -0.15) is 0 Å². The van der Waals surface area contributed by atoms with Crippen molar-refractivity contribution in [3.63, 3.8) is 0 Å². The van der Waals surface area contributed by atoms with Crippen molar-refractivity contribution in [2.24, 2.45) is 5.92 Å². The van der Waals surface area contributed by atoms with Crippen LogP contribution in [0, 0.1) is 5.92 Å². The zero-order valence-corrected chi connectivity index (χ0v) is 10.7. The van der Waals surface area contributed by atoms with Crippen molar-refractivity contribution in [3.8, 4) is 0 Å². The molecule has 0 fully saturated rings. The molecule has 0 aliphatic rings. The molecular weight excluding hydrogens is 224 g/mol. The lowest BCUT2D eigenvalue weighted by molar-refractivity contribution is -0.139. The summed E-state index contributed by atoms with van der Waals surface area (Å²) in [5.41, 5.74) is 1.78. The maximum Gasteiger partial charge on any atom is 0.317 e. The minimum absolute atomic E-state index is 0.0806. The second-order valence-corrected chi connectivity index (χ2v) is 5.21. The van der Waals surface area contributed by atoms with E-state index in [2.05, 4.69) is 18.8 Å². The Morgan fingerprint density at radius 1 is 1.56 bits per heavy atom. The van der Waals surface area contributed by atoms with Crippen LogP contribution in [0.15, 0.2) is 11.7 Å². The molecule has 90 valence electrons. The van der Waals surface area contributed by atoms with Crippen molar-refractivity contribution in [1.82, 2.24) is 9.88 Å². The van der Waals surface area contributed by atoms with Crippen molar-refractivity contribution in [2.45, 2.75) is 26.8 Å². The van der Waals surface area contributed by atoms with Gasteiger partial charge in [0.15, 0.2) is 0 Å². The topological polar surface area (TPSA) is 53.4 Å². The number of thiazole rings is 1. The third kappa shape index (κ3) is 3.90. The summed E-state index contributed by atoms with van der Waals surface area (Å²) in [5, 5.41) is 8.89. The molecule has 0 aromatic carbocycles. The van der Waals surface area contributed by atoms with E-state index in [4.69, 9.17) is 5.11 Å². The quantitative estimate of drug-likeness (QED) is 0.831. The zero-order valence-electron chi connectivity index (χ0n) is 9.88. The van der Waals surface area contributed by atoms with Crippen LogP contribution >= 0.6 is 11.3 Å². The average Bonchev–Trinajstić information content (AvgIpc) is 2.66. The first-order valence-corrected chi connectivity index (χ1v) is 6.23. The highest BCUT2D eigenvalue weighted by Gasteiger charge is 2.20. The molecule has 1 heterocycles. The Balaban J connectivity index is 2.71.